The third-order valence-electron chi connectivity index (χ3n) is 3.59. The van der Waals surface area contributed by atoms with Gasteiger partial charge in [0.15, 0.2) is 11.5 Å². The second-order valence-electron chi connectivity index (χ2n) is 5.53. The second kappa shape index (κ2) is 8.78. The first-order valence-corrected chi connectivity index (χ1v) is 7.60. The van der Waals surface area contributed by atoms with Crippen LogP contribution >= 0.6 is 0 Å². The van der Waals surface area contributed by atoms with Crippen LogP contribution in [0.4, 0.5) is 0 Å². The average molecular weight is 295 g/mol. The summed E-state index contributed by atoms with van der Waals surface area (Å²) in [5, 5.41) is 3.54. The highest BCUT2D eigenvalue weighted by atomic mass is 16.5. The smallest absolute Gasteiger partial charge is 0.164 e. The number of hydrogen-bond donors (Lipinski definition) is 1. The molecule has 0 aromatic heterocycles. The Morgan fingerprint density at radius 2 is 1.48 bits per heavy atom. The fraction of sp³-hybridized carbons (Fsp3) is 0.647. The summed E-state index contributed by atoms with van der Waals surface area (Å²) >= 11 is 0. The van der Waals surface area contributed by atoms with Crippen LogP contribution in [0.5, 0.6) is 17.2 Å². The standard InChI is InChI=1S/C17H29NO3/c1-7-18-14(9-8-12(2)3)13-10-16(20-5)17(21-6)11-15(13)19-4/h10-12,14,18H,7-9H2,1-6H3. The van der Waals surface area contributed by atoms with Gasteiger partial charge < -0.3 is 19.5 Å². The molecule has 0 saturated heterocycles. The van der Waals surface area contributed by atoms with Gasteiger partial charge in [0, 0.05) is 17.7 Å². The summed E-state index contributed by atoms with van der Waals surface area (Å²) in [4.78, 5) is 0. The van der Waals surface area contributed by atoms with Crippen molar-refractivity contribution in [1.29, 1.82) is 0 Å². The summed E-state index contributed by atoms with van der Waals surface area (Å²) in [5.41, 5.74) is 1.12. The highest BCUT2D eigenvalue weighted by molar-refractivity contribution is 5.51. The number of nitrogens with one attached hydrogen (secondary N) is 1. The van der Waals surface area contributed by atoms with Crippen LogP contribution in [-0.4, -0.2) is 27.9 Å². The van der Waals surface area contributed by atoms with Crippen LogP contribution in [0.15, 0.2) is 12.1 Å². The van der Waals surface area contributed by atoms with Crippen LogP contribution in [0.25, 0.3) is 0 Å². The first-order chi connectivity index (χ1) is 10.1. The zero-order valence-corrected chi connectivity index (χ0v) is 14.2. The van der Waals surface area contributed by atoms with Crippen molar-refractivity contribution < 1.29 is 14.2 Å². The maximum absolute atomic E-state index is 5.55. The Balaban J connectivity index is 3.15. The van der Waals surface area contributed by atoms with E-state index < -0.39 is 0 Å². The van der Waals surface area contributed by atoms with E-state index in [1.807, 2.05) is 12.1 Å². The van der Waals surface area contributed by atoms with E-state index in [-0.39, 0.29) is 6.04 Å². The molecule has 1 atom stereocenters. The Morgan fingerprint density at radius 1 is 0.905 bits per heavy atom. The lowest BCUT2D eigenvalue weighted by Gasteiger charge is -2.23. The van der Waals surface area contributed by atoms with Crippen molar-refractivity contribution in [3.63, 3.8) is 0 Å². The molecule has 1 aromatic carbocycles. The van der Waals surface area contributed by atoms with Crippen LogP contribution < -0.4 is 19.5 Å². The van der Waals surface area contributed by atoms with Gasteiger partial charge in [0.05, 0.1) is 21.3 Å². The van der Waals surface area contributed by atoms with E-state index in [0.717, 1.165) is 36.4 Å². The van der Waals surface area contributed by atoms with Crippen LogP contribution in [0.3, 0.4) is 0 Å². The predicted molar refractivity (Wildman–Crippen MR) is 86.6 cm³/mol. The number of hydrogen-bond acceptors (Lipinski definition) is 4. The molecular formula is C17H29NO3. The van der Waals surface area contributed by atoms with Crippen molar-refractivity contribution in [2.24, 2.45) is 5.92 Å². The Bertz CT molecular complexity index is 432. The molecule has 0 aliphatic carbocycles. The summed E-state index contributed by atoms with van der Waals surface area (Å²) < 4.78 is 16.3. The molecule has 21 heavy (non-hydrogen) atoms. The molecule has 0 saturated carbocycles. The van der Waals surface area contributed by atoms with Crippen molar-refractivity contribution in [3.8, 4) is 17.2 Å². The van der Waals surface area contributed by atoms with Crippen LogP contribution in [0.1, 0.15) is 45.2 Å². The van der Waals surface area contributed by atoms with Crippen LogP contribution in [-0.2, 0) is 0 Å². The van der Waals surface area contributed by atoms with Crippen LogP contribution in [0.2, 0.25) is 0 Å². The van der Waals surface area contributed by atoms with Gasteiger partial charge in [0.25, 0.3) is 0 Å². The molecule has 0 radical (unpaired) electrons. The topological polar surface area (TPSA) is 39.7 Å². The SMILES string of the molecule is CCNC(CCC(C)C)c1cc(OC)c(OC)cc1OC. The summed E-state index contributed by atoms with van der Waals surface area (Å²) in [5.74, 6) is 2.94. The van der Waals surface area contributed by atoms with Crippen molar-refractivity contribution in [2.45, 2.75) is 39.7 Å². The summed E-state index contributed by atoms with van der Waals surface area (Å²) in [6.07, 6.45) is 2.23. The van der Waals surface area contributed by atoms with Crippen molar-refractivity contribution in [1.82, 2.24) is 5.32 Å². The molecule has 0 amide bonds. The zero-order valence-electron chi connectivity index (χ0n) is 14.2. The highest BCUT2D eigenvalue weighted by Crippen LogP contribution is 2.38. The molecule has 0 bridgehead atoms. The van der Waals surface area contributed by atoms with Gasteiger partial charge in [-0.3, -0.25) is 0 Å². The Hall–Kier alpha value is -1.42. The molecule has 0 spiro atoms. The normalized spacial score (nSPS) is 12.3. The molecule has 120 valence electrons. The number of rotatable bonds is 9. The Kier molecular flexibility index (Phi) is 7.37. The molecule has 1 rings (SSSR count). The van der Waals surface area contributed by atoms with Gasteiger partial charge in [-0.05, 0) is 31.4 Å². The minimum absolute atomic E-state index is 0.257. The lowest BCUT2D eigenvalue weighted by atomic mass is 9.96. The van der Waals surface area contributed by atoms with E-state index in [1.165, 1.54) is 0 Å². The first kappa shape index (κ1) is 17.6. The quantitative estimate of drug-likeness (QED) is 0.752. The van der Waals surface area contributed by atoms with Gasteiger partial charge in [-0.2, -0.15) is 0 Å². The average Bonchev–Trinajstić information content (AvgIpc) is 2.49. The number of benzene rings is 1. The van der Waals surface area contributed by atoms with Gasteiger partial charge in [-0.25, -0.2) is 0 Å². The molecule has 0 aliphatic rings. The first-order valence-electron chi connectivity index (χ1n) is 7.60. The third kappa shape index (κ3) is 4.81. The maximum atomic E-state index is 5.55. The molecule has 0 heterocycles. The molecule has 0 aliphatic heterocycles. The molecule has 4 heteroatoms. The van der Waals surface area contributed by atoms with Gasteiger partial charge in [-0.15, -0.1) is 0 Å². The van der Waals surface area contributed by atoms with E-state index in [1.54, 1.807) is 21.3 Å². The van der Waals surface area contributed by atoms with E-state index in [2.05, 4.69) is 26.1 Å². The minimum Gasteiger partial charge on any atom is -0.496 e. The van der Waals surface area contributed by atoms with Gasteiger partial charge in [0.2, 0.25) is 0 Å². The molecule has 1 unspecified atom stereocenters. The summed E-state index contributed by atoms with van der Waals surface area (Å²) in [7, 11) is 4.98. The van der Waals surface area contributed by atoms with Gasteiger partial charge in [-0.1, -0.05) is 20.8 Å². The largest absolute Gasteiger partial charge is 0.496 e. The second-order valence-corrected chi connectivity index (χ2v) is 5.53. The lowest BCUT2D eigenvalue weighted by Crippen LogP contribution is -2.22. The molecule has 1 aromatic rings. The Morgan fingerprint density at radius 3 is 1.95 bits per heavy atom. The molecular weight excluding hydrogens is 266 g/mol. The van der Waals surface area contributed by atoms with Crippen molar-refractivity contribution in [3.05, 3.63) is 17.7 Å². The summed E-state index contributed by atoms with van der Waals surface area (Å²) in [6, 6.07) is 4.17. The fourth-order valence-corrected chi connectivity index (χ4v) is 2.44. The van der Waals surface area contributed by atoms with Crippen molar-refractivity contribution in [2.75, 3.05) is 27.9 Å². The monoisotopic (exact) mass is 295 g/mol. The van der Waals surface area contributed by atoms with Crippen molar-refractivity contribution >= 4 is 0 Å². The lowest BCUT2D eigenvalue weighted by molar-refractivity contribution is 0.343. The highest BCUT2D eigenvalue weighted by Gasteiger charge is 2.19. The molecule has 0 fully saturated rings. The maximum Gasteiger partial charge on any atom is 0.164 e. The molecule has 1 N–H and O–H groups in total. The molecule has 4 nitrogen and oxygen atoms in total. The minimum atomic E-state index is 0.257. The van der Waals surface area contributed by atoms with E-state index in [9.17, 15) is 0 Å². The van der Waals surface area contributed by atoms with E-state index in [4.69, 9.17) is 14.2 Å². The number of ether oxygens (including phenoxy) is 3. The van der Waals surface area contributed by atoms with E-state index >= 15 is 0 Å². The van der Waals surface area contributed by atoms with Gasteiger partial charge >= 0.3 is 0 Å². The van der Waals surface area contributed by atoms with Crippen LogP contribution in [0, 0.1) is 5.92 Å². The zero-order chi connectivity index (χ0) is 15.8. The summed E-state index contributed by atoms with van der Waals surface area (Å²) in [6.45, 7) is 7.53. The predicted octanol–water partition coefficient (Wildman–Crippen LogP) is 3.80. The third-order valence-corrected chi connectivity index (χ3v) is 3.59. The number of methoxy groups -OCH3 is 3. The Labute approximate surface area is 128 Å². The fourth-order valence-electron chi connectivity index (χ4n) is 2.44. The van der Waals surface area contributed by atoms with Gasteiger partial charge in [0.1, 0.15) is 5.75 Å². The van der Waals surface area contributed by atoms with E-state index in [0.29, 0.717) is 11.7 Å².